The van der Waals surface area contributed by atoms with Gasteiger partial charge in [-0.25, -0.2) is 0 Å². The van der Waals surface area contributed by atoms with Crippen molar-refractivity contribution in [3.05, 3.63) is 29.3 Å². The number of rotatable bonds is 5. The Kier molecular flexibility index (Phi) is 4.35. The van der Waals surface area contributed by atoms with Crippen LogP contribution in [0.25, 0.3) is 0 Å². The normalized spacial score (nSPS) is 12.2. The molecule has 1 atom stereocenters. The van der Waals surface area contributed by atoms with Crippen molar-refractivity contribution in [3.63, 3.8) is 0 Å². The second-order valence-corrected chi connectivity index (χ2v) is 3.89. The van der Waals surface area contributed by atoms with Crippen molar-refractivity contribution in [2.45, 2.75) is 32.6 Å². The summed E-state index contributed by atoms with van der Waals surface area (Å²) in [6.07, 6.45) is 2.46. The van der Waals surface area contributed by atoms with Gasteiger partial charge in [0.1, 0.15) is 12.0 Å². The van der Waals surface area contributed by atoms with Crippen molar-refractivity contribution < 1.29 is 9.53 Å². The van der Waals surface area contributed by atoms with Crippen LogP contribution < -0.4 is 4.74 Å². The lowest BCUT2D eigenvalue weighted by Crippen LogP contribution is -1.98. The molecule has 1 rings (SSSR count). The van der Waals surface area contributed by atoms with Gasteiger partial charge in [-0.15, -0.1) is 0 Å². The van der Waals surface area contributed by atoms with E-state index in [0.29, 0.717) is 12.3 Å². The van der Waals surface area contributed by atoms with E-state index in [0.717, 1.165) is 18.5 Å². The maximum Gasteiger partial charge on any atom is 0.122 e. The minimum Gasteiger partial charge on any atom is -0.496 e. The van der Waals surface area contributed by atoms with Crippen LogP contribution in [-0.2, 0) is 4.79 Å². The van der Waals surface area contributed by atoms with Gasteiger partial charge >= 0.3 is 0 Å². The number of carbonyl (C=O) groups is 1. The summed E-state index contributed by atoms with van der Waals surface area (Å²) in [6.45, 7) is 4.17. The van der Waals surface area contributed by atoms with E-state index in [4.69, 9.17) is 4.74 Å². The van der Waals surface area contributed by atoms with Crippen LogP contribution >= 0.6 is 0 Å². The Morgan fingerprint density at radius 1 is 1.47 bits per heavy atom. The highest BCUT2D eigenvalue weighted by molar-refractivity contribution is 5.49. The quantitative estimate of drug-likeness (QED) is 0.692. The summed E-state index contributed by atoms with van der Waals surface area (Å²) in [4.78, 5) is 10.3. The van der Waals surface area contributed by atoms with Gasteiger partial charge in [-0.2, -0.15) is 0 Å². The number of methoxy groups -OCH3 is 1. The van der Waals surface area contributed by atoms with Crippen LogP contribution in [-0.4, -0.2) is 13.4 Å². The zero-order chi connectivity index (χ0) is 11.3. The zero-order valence-electron chi connectivity index (χ0n) is 9.62. The highest BCUT2D eigenvalue weighted by Gasteiger charge is 2.10. The molecular weight excluding hydrogens is 188 g/mol. The number of aryl methyl sites for hydroxylation is 1. The van der Waals surface area contributed by atoms with Crippen molar-refractivity contribution in [1.29, 1.82) is 0 Å². The summed E-state index contributed by atoms with van der Waals surface area (Å²) in [6, 6.07) is 6.20. The Hall–Kier alpha value is -1.31. The number of aldehydes is 1. The maximum absolute atomic E-state index is 10.3. The molecule has 0 saturated heterocycles. The Bertz CT molecular complexity index is 331. The van der Waals surface area contributed by atoms with Crippen LogP contribution in [0, 0.1) is 6.92 Å². The lowest BCUT2D eigenvalue weighted by Gasteiger charge is -2.15. The molecule has 0 aliphatic carbocycles. The minimum absolute atomic E-state index is 0.366. The van der Waals surface area contributed by atoms with E-state index in [1.165, 1.54) is 11.1 Å². The second kappa shape index (κ2) is 5.54. The van der Waals surface area contributed by atoms with Crippen molar-refractivity contribution in [3.8, 4) is 5.75 Å². The molecule has 0 fully saturated rings. The van der Waals surface area contributed by atoms with Gasteiger partial charge in [0.25, 0.3) is 0 Å². The first-order valence-corrected chi connectivity index (χ1v) is 5.27. The Balaban J connectivity index is 2.86. The molecule has 0 amide bonds. The molecule has 82 valence electrons. The van der Waals surface area contributed by atoms with Crippen molar-refractivity contribution in [2.24, 2.45) is 0 Å². The third-order valence-electron chi connectivity index (χ3n) is 2.64. The predicted octanol–water partition coefficient (Wildman–Crippen LogP) is 3.09. The van der Waals surface area contributed by atoms with Crippen LogP contribution in [0.5, 0.6) is 5.75 Å². The van der Waals surface area contributed by atoms with E-state index in [9.17, 15) is 4.79 Å². The number of carbonyl (C=O) groups excluding carboxylic acids is 1. The van der Waals surface area contributed by atoms with Gasteiger partial charge in [-0.1, -0.05) is 19.1 Å². The van der Waals surface area contributed by atoms with E-state index in [1.54, 1.807) is 7.11 Å². The van der Waals surface area contributed by atoms with Gasteiger partial charge in [-0.3, -0.25) is 0 Å². The van der Waals surface area contributed by atoms with Gasteiger partial charge in [0.15, 0.2) is 0 Å². The fourth-order valence-electron chi connectivity index (χ4n) is 1.70. The first kappa shape index (κ1) is 11.8. The highest BCUT2D eigenvalue weighted by atomic mass is 16.5. The molecule has 2 heteroatoms. The van der Waals surface area contributed by atoms with Gasteiger partial charge in [0, 0.05) is 6.42 Å². The lowest BCUT2D eigenvalue weighted by molar-refractivity contribution is -0.108. The van der Waals surface area contributed by atoms with E-state index in [1.807, 2.05) is 13.0 Å². The maximum atomic E-state index is 10.3. The summed E-state index contributed by atoms with van der Waals surface area (Å²) in [5, 5.41) is 0. The summed E-state index contributed by atoms with van der Waals surface area (Å²) >= 11 is 0. The standard InChI is InChI=1S/C13H18O2/c1-10-6-7-12(13(9-10)15-3)11(2)5-4-8-14/h6-9,11H,4-5H2,1-3H3. The third kappa shape index (κ3) is 3.08. The van der Waals surface area contributed by atoms with E-state index in [2.05, 4.69) is 19.1 Å². The summed E-state index contributed by atoms with van der Waals surface area (Å²) in [5.41, 5.74) is 2.38. The van der Waals surface area contributed by atoms with Crippen LogP contribution in [0.15, 0.2) is 18.2 Å². The minimum atomic E-state index is 0.366. The largest absolute Gasteiger partial charge is 0.496 e. The molecule has 0 heterocycles. The molecule has 0 saturated carbocycles. The molecule has 0 aliphatic rings. The summed E-state index contributed by atoms with van der Waals surface area (Å²) in [5.74, 6) is 1.29. The van der Waals surface area contributed by atoms with E-state index < -0.39 is 0 Å². The molecule has 1 aromatic rings. The molecule has 0 bridgehead atoms. The number of benzene rings is 1. The average molecular weight is 206 g/mol. The molecule has 0 radical (unpaired) electrons. The molecule has 15 heavy (non-hydrogen) atoms. The molecule has 2 nitrogen and oxygen atoms in total. The lowest BCUT2D eigenvalue weighted by atomic mass is 9.95. The van der Waals surface area contributed by atoms with Gasteiger partial charge in [-0.05, 0) is 36.5 Å². The van der Waals surface area contributed by atoms with Crippen LogP contribution in [0.1, 0.15) is 36.8 Å². The molecular formula is C13H18O2. The third-order valence-corrected chi connectivity index (χ3v) is 2.64. The molecule has 0 N–H and O–H groups in total. The fourth-order valence-corrected chi connectivity index (χ4v) is 1.70. The highest BCUT2D eigenvalue weighted by Crippen LogP contribution is 2.29. The number of hydrogen-bond donors (Lipinski definition) is 0. The second-order valence-electron chi connectivity index (χ2n) is 3.89. The Labute approximate surface area is 91.3 Å². The molecule has 1 aromatic carbocycles. The molecule has 0 aromatic heterocycles. The SMILES string of the molecule is COc1cc(C)ccc1C(C)CCC=O. The monoisotopic (exact) mass is 206 g/mol. The molecule has 0 spiro atoms. The molecule has 0 aliphatic heterocycles. The van der Waals surface area contributed by atoms with Crippen LogP contribution in [0.3, 0.4) is 0 Å². The average Bonchev–Trinajstić information content (AvgIpc) is 2.25. The van der Waals surface area contributed by atoms with E-state index in [-0.39, 0.29) is 0 Å². The van der Waals surface area contributed by atoms with Crippen LogP contribution in [0.2, 0.25) is 0 Å². The van der Waals surface area contributed by atoms with Crippen molar-refractivity contribution in [1.82, 2.24) is 0 Å². The van der Waals surface area contributed by atoms with Crippen LogP contribution in [0.4, 0.5) is 0 Å². The first-order valence-electron chi connectivity index (χ1n) is 5.27. The van der Waals surface area contributed by atoms with Crippen molar-refractivity contribution >= 4 is 6.29 Å². The van der Waals surface area contributed by atoms with Gasteiger partial charge < -0.3 is 9.53 Å². The first-order chi connectivity index (χ1) is 7.19. The van der Waals surface area contributed by atoms with E-state index >= 15 is 0 Å². The fraction of sp³-hybridized carbons (Fsp3) is 0.462. The number of ether oxygens (including phenoxy) is 1. The predicted molar refractivity (Wildman–Crippen MR) is 61.4 cm³/mol. The summed E-state index contributed by atoms with van der Waals surface area (Å²) < 4.78 is 5.34. The Morgan fingerprint density at radius 3 is 2.80 bits per heavy atom. The number of hydrogen-bond acceptors (Lipinski definition) is 2. The Morgan fingerprint density at radius 2 is 2.20 bits per heavy atom. The molecule has 1 unspecified atom stereocenters. The van der Waals surface area contributed by atoms with Gasteiger partial charge in [0.2, 0.25) is 0 Å². The summed E-state index contributed by atoms with van der Waals surface area (Å²) in [7, 11) is 1.69. The zero-order valence-corrected chi connectivity index (χ0v) is 9.62. The topological polar surface area (TPSA) is 26.3 Å². The van der Waals surface area contributed by atoms with Crippen molar-refractivity contribution in [2.75, 3.05) is 7.11 Å². The smallest absolute Gasteiger partial charge is 0.122 e. The van der Waals surface area contributed by atoms with Gasteiger partial charge in [0.05, 0.1) is 7.11 Å².